The van der Waals surface area contributed by atoms with Crippen LogP contribution >= 0.6 is 0 Å². The van der Waals surface area contributed by atoms with Gasteiger partial charge in [0.05, 0.1) is 22.6 Å². The van der Waals surface area contributed by atoms with Crippen molar-refractivity contribution in [1.82, 2.24) is 14.5 Å². The van der Waals surface area contributed by atoms with Gasteiger partial charge in [-0.15, -0.1) is 0 Å². The van der Waals surface area contributed by atoms with Crippen molar-refractivity contribution < 1.29 is 4.79 Å². The summed E-state index contributed by atoms with van der Waals surface area (Å²) in [7, 11) is 0. The van der Waals surface area contributed by atoms with E-state index in [-0.39, 0.29) is 17.5 Å². The lowest BCUT2D eigenvalue weighted by molar-refractivity contribution is -0.133. The molecule has 0 fully saturated rings. The second-order valence-electron chi connectivity index (χ2n) is 9.09. The number of benzene rings is 2. The molecule has 2 aromatic carbocycles. The molecule has 0 bridgehead atoms. The molecule has 0 saturated heterocycles. The van der Waals surface area contributed by atoms with E-state index in [9.17, 15) is 9.59 Å². The lowest BCUT2D eigenvalue weighted by Gasteiger charge is -2.31. The third-order valence-corrected chi connectivity index (χ3v) is 6.53. The zero-order valence-electron chi connectivity index (χ0n) is 21.2. The van der Waals surface area contributed by atoms with Gasteiger partial charge in [-0.2, -0.15) is 0 Å². The highest BCUT2D eigenvalue weighted by Gasteiger charge is 2.27. The van der Waals surface area contributed by atoms with Crippen molar-refractivity contribution in [3.8, 4) is 5.69 Å². The molecule has 5 heteroatoms. The van der Waals surface area contributed by atoms with Crippen LogP contribution in [0.5, 0.6) is 0 Å². The molecule has 3 rings (SSSR count). The van der Waals surface area contributed by atoms with E-state index in [0.717, 1.165) is 24.1 Å². The lowest BCUT2D eigenvalue weighted by Crippen LogP contribution is -2.38. The van der Waals surface area contributed by atoms with Crippen molar-refractivity contribution in [1.29, 1.82) is 0 Å². The lowest BCUT2D eigenvalue weighted by atomic mass is 10.1. The Morgan fingerprint density at radius 3 is 2.41 bits per heavy atom. The van der Waals surface area contributed by atoms with Crippen LogP contribution < -0.4 is 5.56 Å². The number of hydrogen-bond acceptors (Lipinski definition) is 3. The monoisotopic (exact) mass is 461 g/mol. The summed E-state index contributed by atoms with van der Waals surface area (Å²) in [4.78, 5) is 33.9. The standard InChI is InChI=1S/C29H39N3O2/c1-5-8-9-10-11-12-20-27(33)31(7-3)26(6-2)28-30-25-19-14-13-18-24(25)29(34)32(28)23-17-15-16-22(4)21-23/h13-19,21,26H,5-12,20H2,1-4H3. The average Bonchev–Trinajstić information content (AvgIpc) is 2.84. The summed E-state index contributed by atoms with van der Waals surface area (Å²) in [5.74, 6) is 0.776. The third-order valence-electron chi connectivity index (χ3n) is 6.53. The number of aryl methyl sites for hydroxylation is 1. The van der Waals surface area contributed by atoms with Crippen molar-refractivity contribution in [2.45, 2.75) is 85.1 Å². The average molecular weight is 462 g/mol. The van der Waals surface area contributed by atoms with E-state index in [2.05, 4.69) is 13.8 Å². The maximum atomic E-state index is 13.7. The molecule has 0 N–H and O–H groups in total. The second-order valence-corrected chi connectivity index (χ2v) is 9.09. The van der Waals surface area contributed by atoms with Gasteiger partial charge < -0.3 is 4.90 Å². The summed E-state index contributed by atoms with van der Waals surface area (Å²) < 4.78 is 1.71. The quantitative estimate of drug-likeness (QED) is 0.281. The van der Waals surface area contributed by atoms with Crippen LogP contribution in [0.25, 0.3) is 16.6 Å². The van der Waals surface area contributed by atoms with Gasteiger partial charge in [0, 0.05) is 13.0 Å². The van der Waals surface area contributed by atoms with Gasteiger partial charge in [-0.1, -0.05) is 70.2 Å². The Morgan fingerprint density at radius 1 is 0.971 bits per heavy atom. The highest BCUT2D eigenvalue weighted by atomic mass is 16.2. The smallest absolute Gasteiger partial charge is 0.266 e. The zero-order valence-corrected chi connectivity index (χ0v) is 21.2. The van der Waals surface area contributed by atoms with Gasteiger partial charge in [0.2, 0.25) is 5.91 Å². The Kier molecular flexibility index (Phi) is 9.43. The van der Waals surface area contributed by atoms with E-state index in [1.807, 2.05) is 67.3 Å². The number of rotatable bonds is 12. The van der Waals surface area contributed by atoms with Crippen LogP contribution in [0.1, 0.15) is 89.6 Å². The Hall–Kier alpha value is -2.95. The largest absolute Gasteiger partial charge is 0.333 e. The van der Waals surface area contributed by atoms with Gasteiger partial charge in [-0.25, -0.2) is 4.98 Å². The van der Waals surface area contributed by atoms with Gasteiger partial charge in [-0.05, 0) is 56.5 Å². The molecule has 5 nitrogen and oxygen atoms in total. The predicted octanol–water partition coefficient (Wildman–Crippen LogP) is 6.74. The van der Waals surface area contributed by atoms with Crippen molar-refractivity contribution in [2.75, 3.05) is 6.54 Å². The number of amides is 1. The van der Waals surface area contributed by atoms with Gasteiger partial charge in [0.1, 0.15) is 5.82 Å². The highest BCUT2D eigenvalue weighted by Crippen LogP contribution is 2.27. The number of hydrogen-bond donors (Lipinski definition) is 0. The fraction of sp³-hybridized carbons (Fsp3) is 0.483. The second kappa shape index (κ2) is 12.5. The molecule has 0 radical (unpaired) electrons. The SMILES string of the molecule is CCCCCCCCC(=O)N(CC)C(CC)c1nc2ccccc2c(=O)n1-c1cccc(C)c1. The van der Waals surface area contributed by atoms with E-state index in [1.54, 1.807) is 4.57 Å². The topological polar surface area (TPSA) is 55.2 Å². The van der Waals surface area contributed by atoms with Crippen LogP contribution in [0.3, 0.4) is 0 Å². The molecule has 1 heterocycles. The van der Waals surface area contributed by atoms with Crippen LogP contribution in [0.4, 0.5) is 0 Å². The minimum atomic E-state index is -0.268. The summed E-state index contributed by atoms with van der Waals surface area (Å²) in [6.45, 7) is 8.89. The fourth-order valence-corrected chi connectivity index (χ4v) is 4.70. The summed E-state index contributed by atoms with van der Waals surface area (Å²) in [6, 6.07) is 15.1. The first-order valence-corrected chi connectivity index (χ1v) is 12.9. The number of para-hydroxylation sites is 1. The molecule has 0 aliphatic carbocycles. The number of fused-ring (bicyclic) bond motifs is 1. The Bertz CT molecular complexity index is 1150. The normalized spacial score (nSPS) is 12.1. The van der Waals surface area contributed by atoms with Crippen molar-refractivity contribution in [2.24, 2.45) is 0 Å². The molecule has 1 aromatic heterocycles. The molecule has 0 saturated carbocycles. The summed E-state index contributed by atoms with van der Waals surface area (Å²) >= 11 is 0. The third kappa shape index (κ3) is 5.94. The summed E-state index contributed by atoms with van der Waals surface area (Å²) in [6.07, 6.45) is 8.13. The number of carbonyl (C=O) groups is 1. The highest BCUT2D eigenvalue weighted by molar-refractivity contribution is 5.79. The van der Waals surface area contributed by atoms with E-state index in [0.29, 0.717) is 36.1 Å². The van der Waals surface area contributed by atoms with Gasteiger partial charge in [0.15, 0.2) is 0 Å². The van der Waals surface area contributed by atoms with Crippen LogP contribution in [0, 0.1) is 6.92 Å². The summed E-state index contributed by atoms with van der Waals surface area (Å²) in [5, 5.41) is 0.587. The molecule has 182 valence electrons. The first-order chi connectivity index (χ1) is 16.5. The van der Waals surface area contributed by atoms with Crippen LogP contribution in [0.2, 0.25) is 0 Å². The molecular weight excluding hydrogens is 422 g/mol. The number of nitrogens with zero attached hydrogens (tertiary/aromatic N) is 3. The first-order valence-electron chi connectivity index (χ1n) is 12.9. The maximum Gasteiger partial charge on any atom is 0.266 e. The first kappa shape index (κ1) is 25.7. The number of aromatic nitrogens is 2. The molecule has 0 spiro atoms. The van der Waals surface area contributed by atoms with Gasteiger partial charge in [-0.3, -0.25) is 14.2 Å². The predicted molar refractivity (Wildman–Crippen MR) is 140 cm³/mol. The number of carbonyl (C=O) groups excluding carboxylic acids is 1. The van der Waals surface area contributed by atoms with Crippen LogP contribution in [0.15, 0.2) is 53.3 Å². The number of unbranched alkanes of at least 4 members (excludes halogenated alkanes) is 5. The molecular formula is C29H39N3O2. The molecule has 0 aliphatic heterocycles. The van der Waals surface area contributed by atoms with Crippen molar-refractivity contribution in [3.05, 3.63) is 70.3 Å². The maximum absolute atomic E-state index is 13.7. The van der Waals surface area contributed by atoms with Gasteiger partial charge in [0.25, 0.3) is 5.56 Å². The molecule has 34 heavy (non-hydrogen) atoms. The van der Waals surface area contributed by atoms with E-state index in [1.165, 1.54) is 25.7 Å². The summed E-state index contributed by atoms with van der Waals surface area (Å²) in [5.41, 5.74) is 2.44. The molecule has 1 amide bonds. The van der Waals surface area contributed by atoms with Crippen LogP contribution in [-0.4, -0.2) is 26.9 Å². The molecule has 1 unspecified atom stereocenters. The van der Waals surface area contributed by atoms with E-state index in [4.69, 9.17) is 4.98 Å². The molecule has 3 aromatic rings. The Labute approximate surface area is 203 Å². The van der Waals surface area contributed by atoms with Crippen LogP contribution in [-0.2, 0) is 4.79 Å². The Morgan fingerprint density at radius 2 is 1.71 bits per heavy atom. The zero-order chi connectivity index (χ0) is 24.5. The van der Waals surface area contributed by atoms with Gasteiger partial charge >= 0.3 is 0 Å². The van der Waals surface area contributed by atoms with Crippen molar-refractivity contribution in [3.63, 3.8) is 0 Å². The minimum Gasteiger partial charge on any atom is -0.333 e. The molecule has 1 atom stereocenters. The minimum absolute atomic E-state index is 0.0934. The van der Waals surface area contributed by atoms with E-state index >= 15 is 0 Å². The molecule has 0 aliphatic rings. The van der Waals surface area contributed by atoms with E-state index < -0.39 is 0 Å². The Balaban J connectivity index is 1.99. The fourth-order valence-electron chi connectivity index (χ4n) is 4.70. The van der Waals surface area contributed by atoms with Crippen molar-refractivity contribution >= 4 is 16.8 Å².